The van der Waals surface area contributed by atoms with Crippen LogP contribution in [0.4, 0.5) is 4.79 Å². The second kappa shape index (κ2) is 7.00. The van der Waals surface area contributed by atoms with Gasteiger partial charge in [0.05, 0.1) is 6.04 Å². The SMILES string of the molecule is CC(NC(=O)CN1C(=O)NC2(CCCCC2C)C1=O)c1ccc2c(c1)OCO2. The standard InChI is InChI=1S/C20H25N3O5/c1-12-5-3-4-8-20(12)18(25)23(19(26)22-20)10-17(24)21-13(2)14-6-7-15-16(9-14)28-11-27-15/h6-7,9,12-13H,3-5,8,10-11H2,1-2H3,(H,21,24)(H,22,26). The lowest BCUT2D eigenvalue weighted by Crippen LogP contribution is -2.54. The van der Waals surface area contributed by atoms with Gasteiger partial charge in [-0.3, -0.25) is 14.5 Å². The van der Waals surface area contributed by atoms with Crippen LogP contribution in [0.15, 0.2) is 18.2 Å². The molecule has 8 heteroatoms. The Bertz CT molecular complexity index is 826. The van der Waals surface area contributed by atoms with Gasteiger partial charge in [0.2, 0.25) is 12.7 Å². The fourth-order valence-corrected chi connectivity index (χ4v) is 4.34. The predicted octanol–water partition coefficient (Wildman–Crippen LogP) is 2.09. The summed E-state index contributed by atoms with van der Waals surface area (Å²) in [5.74, 6) is 0.720. The maximum Gasteiger partial charge on any atom is 0.325 e. The van der Waals surface area contributed by atoms with Crippen LogP contribution in [0.5, 0.6) is 11.5 Å². The maximum absolute atomic E-state index is 13.0. The van der Waals surface area contributed by atoms with Crippen molar-refractivity contribution < 1.29 is 23.9 Å². The molecule has 3 aliphatic rings. The van der Waals surface area contributed by atoms with E-state index in [9.17, 15) is 14.4 Å². The lowest BCUT2D eigenvalue weighted by Gasteiger charge is -2.36. The molecule has 0 aromatic heterocycles. The molecule has 0 radical (unpaired) electrons. The highest BCUT2D eigenvalue weighted by atomic mass is 16.7. The molecular formula is C20H25N3O5. The number of rotatable bonds is 4. The number of hydrogen-bond donors (Lipinski definition) is 2. The molecule has 2 aliphatic heterocycles. The highest BCUT2D eigenvalue weighted by Gasteiger charge is 2.55. The van der Waals surface area contributed by atoms with E-state index in [1.807, 2.05) is 26.0 Å². The van der Waals surface area contributed by atoms with Crippen LogP contribution in [0.1, 0.15) is 51.1 Å². The van der Waals surface area contributed by atoms with Crippen molar-refractivity contribution in [1.82, 2.24) is 15.5 Å². The van der Waals surface area contributed by atoms with E-state index >= 15 is 0 Å². The summed E-state index contributed by atoms with van der Waals surface area (Å²) in [6.07, 6.45) is 3.48. The van der Waals surface area contributed by atoms with Gasteiger partial charge in [0.15, 0.2) is 11.5 Å². The topological polar surface area (TPSA) is 97.0 Å². The minimum Gasteiger partial charge on any atom is -0.454 e. The van der Waals surface area contributed by atoms with Crippen molar-refractivity contribution >= 4 is 17.8 Å². The first kappa shape index (κ1) is 18.6. The summed E-state index contributed by atoms with van der Waals surface area (Å²) < 4.78 is 10.7. The van der Waals surface area contributed by atoms with Gasteiger partial charge in [-0.2, -0.15) is 0 Å². The average Bonchev–Trinajstić information content (AvgIpc) is 3.22. The lowest BCUT2D eigenvalue weighted by molar-refractivity contribution is -0.137. The van der Waals surface area contributed by atoms with Crippen LogP contribution in [0.2, 0.25) is 0 Å². The van der Waals surface area contributed by atoms with E-state index < -0.39 is 11.6 Å². The van der Waals surface area contributed by atoms with Gasteiger partial charge < -0.3 is 20.1 Å². The molecule has 1 aliphatic carbocycles. The number of nitrogens with zero attached hydrogens (tertiary/aromatic N) is 1. The van der Waals surface area contributed by atoms with Crippen LogP contribution in [-0.2, 0) is 9.59 Å². The zero-order valence-corrected chi connectivity index (χ0v) is 16.1. The number of carbonyl (C=O) groups excluding carboxylic acids is 3. The first-order valence-corrected chi connectivity index (χ1v) is 9.74. The van der Waals surface area contributed by atoms with E-state index in [0.29, 0.717) is 17.9 Å². The molecule has 1 aromatic rings. The van der Waals surface area contributed by atoms with Gasteiger partial charge in [0.1, 0.15) is 12.1 Å². The number of benzene rings is 1. The Morgan fingerprint density at radius 2 is 2.11 bits per heavy atom. The lowest BCUT2D eigenvalue weighted by atomic mass is 9.73. The molecule has 2 fully saturated rings. The Kier molecular flexibility index (Phi) is 4.64. The third-order valence-electron chi connectivity index (χ3n) is 6.08. The molecule has 2 N–H and O–H groups in total. The van der Waals surface area contributed by atoms with E-state index in [0.717, 1.165) is 29.7 Å². The Labute approximate surface area is 163 Å². The number of carbonyl (C=O) groups is 3. The minimum absolute atomic E-state index is 0.0679. The van der Waals surface area contributed by atoms with Crippen LogP contribution in [0, 0.1) is 5.92 Å². The fraction of sp³-hybridized carbons (Fsp3) is 0.550. The second-order valence-corrected chi connectivity index (χ2v) is 7.84. The largest absolute Gasteiger partial charge is 0.454 e. The van der Waals surface area contributed by atoms with Crippen molar-refractivity contribution in [3.05, 3.63) is 23.8 Å². The van der Waals surface area contributed by atoms with Crippen LogP contribution >= 0.6 is 0 Å². The van der Waals surface area contributed by atoms with E-state index in [1.54, 1.807) is 6.07 Å². The highest BCUT2D eigenvalue weighted by molar-refractivity contribution is 6.09. The van der Waals surface area contributed by atoms with E-state index in [2.05, 4.69) is 10.6 Å². The number of ether oxygens (including phenoxy) is 2. The molecule has 1 aromatic carbocycles. The number of hydrogen-bond acceptors (Lipinski definition) is 5. The first-order valence-electron chi connectivity index (χ1n) is 9.74. The molecule has 3 atom stereocenters. The molecule has 28 heavy (non-hydrogen) atoms. The Morgan fingerprint density at radius 3 is 2.89 bits per heavy atom. The van der Waals surface area contributed by atoms with Crippen LogP contribution in [0.25, 0.3) is 0 Å². The Hall–Kier alpha value is -2.77. The van der Waals surface area contributed by atoms with Crippen molar-refractivity contribution in [2.24, 2.45) is 5.92 Å². The molecule has 1 saturated heterocycles. The van der Waals surface area contributed by atoms with Gasteiger partial charge in [0.25, 0.3) is 5.91 Å². The van der Waals surface area contributed by atoms with Gasteiger partial charge in [0, 0.05) is 0 Å². The molecule has 8 nitrogen and oxygen atoms in total. The normalized spacial score (nSPS) is 27.1. The minimum atomic E-state index is -0.849. The molecular weight excluding hydrogens is 362 g/mol. The average molecular weight is 387 g/mol. The Morgan fingerprint density at radius 1 is 1.32 bits per heavy atom. The molecule has 0 bridgehead atoms. The summed E-state index contributed by atoms with van der Waals surface area (Å²) in [5, 5.41) is 5.71. The van der Waals surface area contributed by atoms with Gasteiger partial charge in [-0.15, -0.1) is 0 Å². The zero-order chi connectivity index (χ0) is 19.9. The summed E-state index contributed by atoms with van der Waals surface area (Å²) in [4.78, 5) is 38.9. The number of imide groups is 1. The molecule has 4 rings (SSSR count). The summed E-state index contributed by atoms with van der Waals surface area (Å²) in [6.45, 7) is 3.73. The zero-order valence-electron chi connectivity index (χ0n) is 16.1. The monoisotopic (exact) mass is 387 g/mol. The summed E-state index contributed by atoms with van der Waals surface area (Å²) in [7, 11) is 0. The fourth-order valence-electron chi connectivity index (χ4n) is 4.34. The highest BCUT2D eigenvalue weighted by Crippen LogP contribution is 2.38. The molecule has 4 amide bonds. The van der Waals surface area contributed by atoms with Gasteiger partial charge >= 0.3 is 6.03 Å². The van der Waals surface area contributed by atoms with Gasteiger partial charge in [-0.05, 0) is 43.4 Å². The van der Waals surface area contributed by atoms with Crippen LogP contribution in [0.3, 0.4) is 0 Å². The van der Waals surface area contributed by atoms with Gasteiger partial charge in [-0.25, -0.2) is 4.79 Å². The van der Waals surface area contributed by atoms with Crippen molar-refractivity contribution in [2.75, 3.05) is 13.3 Å². The van der Waals surface area contributed by atoms with Crippen molar-refractivity contribution in [3.63, 3.8) is 0 Å². The summed E-state index contributed by atoms with van der Waals surface area (Å²) in [6, 6.07) is 4.69. The quantitative estimate of drug-likeness (QED) is 0.771. The molecule has 1 spiro atoms. The maximum atomic E-state index is 13.0. The van der Waals surface area contributed by atoms with Crippen LogP contribution < -0.4 is 20.1 Å². The number of fused-ring (bicyclic) bond motifs is 1. The number of amides is 4. The third kappa shape index (κ3) is 3.06. The summed E-state index contributed by atoms with van der Waals surface area (Å²) in [5.41, 5.74) is 0.00521. The van der Waals surface area contributed by atoms with E-state index in [-0.39, 0.29) is 37.1 Å². The van der Waals surface area contributed by atoms with Crippen molar-refractivity contribution in [1.29, 1.82) is 0 Å². The second-order valence-electron chi connectivity index (χ2n) is 7.84. The molecule has 3 unspecified atom stereocenters. The van der Waals surface area contributed by atoms with Crippen LogP contribution in [-0.4, -0.2) is 41.6 Å². The van der Waals surface area contributed by atoms with Crippen molar-refractivity contribution in [2.45, 2.75) is 51.1 Å². The van der Waals surface area contributed by atoms with E-state index in [4.69, 9.17) is 9.47 Å². The number of urea groups is 1. The first-order chi connectivity index (χ1) is 13.4. The molecule has 150 valence electrons. The summed E-state index contributed by atoms with van der Waals surface area (Å²) >= 11 is 0. The smallest absolute Gasteiger partial charge is 0.325 e. The van der Waals surface area contributed by atoms with Gasteiger partial charge in [-0.1, -0.05) is 25.8 Å². The Balaban J connectivity index is 1.41. The number of nitrogens with one attached hydrogen (secondary N) is 2. The molecule has 2 heterocycles. The van der Waals surface area contributed by atoms with E-state index in [1.165, 1.54) is 0 Å². The third-order valence-corrected chi connectivity index (χ3v) is 6.08. The predicted molar refractivity (Wildman–Crippen MR) is 99.7 cm³/mol. The van der Waals surface area contributed by atoms with Crippen molar-refractivity contribution in [3.8, 4) is 11.5 Å². The molecule has 1 saturated carbocycles.